The number of urea groups is 1. The number of rotatable bonds is 4. The first-order valence-electron chi connectivity index (χ1n) is 10.3. The largest absolute Gasteiger partial charge is 0.506 e. The number of aliphatic hydroxyl groups excluding tert-OH is 1. The van der Waals surface area contributed by atoms with Crippen molar-refractivity contribution in [2.45, 2.75) is 55.1 Å². The van der Waals surface area contributed by atoms with Crippen LogP contribution in [0.15, 0.2) is 23.4 Å². The van der Waals surface area contributed by atoms with E-state index >= 15 is 0 Å². The van der Waals surface area contributed by atoms with Crippen molar-refractivity contribution in [2.75, 3.05) is 7.05 Å². The van der Waals surface area contributed by atoms with Crippen molar-refractivity contribution >= 4 is 11.8 Å². The van der Waals surface area contributed by atoms with Gasteiger partial charge in [-0.15, -0.1) is 0 Å². The molecule has 2 amide bonds. The summed E-state index contributed by atoms with van der Waals surface area (Å²) >= 11 is 0. The maximum atomic E-state index is 12.5. The zero-order chi connectivity index (χ0) is 26.7. The summed E-state index contributed by atoms with van der Waals surface area (Å²) in [7, 11) is 1.15. The highest BCUT2D eigenvalue weighted by molar-refractivity contribution is 5.90. The number of Topliss-reactive ketones (excluding diaryl/α,β-unsaturated/α-hetero) is 1. The monoisotopic (exact) mass is 501 g/mol. The Balaban J connectivity index is 2.15. The van der Waals surface area contributed by atoms with Crippen molar-refractivity contribution in [1.82, 2.24) is 20.9 Å². The minimum absolute atomic E-state index is 0.0136. The Labute approximate surface area is 197 Å². The number of nitrogens with zero attached hydrogens (tertiary/aromatic N) is 2. The second-order valence-electron chi connectivity index (χ2n) is 9.01. The smallest absolute Gasteiger partial charge is 0.322 e. The van der Waals surface area contributed by atoms with Crippen LogP contribution in [0, 0.1) is 23.2 Å². The van der Waals surface area contributed by atoms with Crippen LogP contribution in [0.2, 0.25) is 0 Å². The number of fused-ring (bicyclic) bond motifs is 1. The van der Waals surface area contributed by atoms with E-state index in [-0.39, 0.29) is 17.2 Å². The van der Waals surface area contributed by atoms with Crippen molar-refractivity contribution in [1.29, 1.82) is 5.26 Å². The fraction of sp³-hybridized carbons (Fsp3) is 0.632. The lowest BCUT2D eigenvalue weighted by Crippen LogP contribution is -2.71. The molecule has 0 aromatic rings. The summed E-state index contributed by atoms with van der Waals surface area (Å²) in [6, 6.07) is -1.86. The quantitative estimate of drug-likeness (QED) is 0.127. The molecule has 1 aliphatic carbocycles. The lowest BCUT2D eigenvalue weighted by Gasteiger charge is -2.52. The number of carbonyl (C=O) groups is 2. The average Bonchev–Trinajstić information content (AvgIpc) is 3.11. The number of aliphatic hydroxyl groups is 9. The third-order valence-corrected chi connectivity index (χ3v) is 6.60. The molecule has 16 nitrogen and oxygen atoms in total. The predicted molar refractivity (Wildman–Crippen MR) is 109 cm³/mol. The SMILES string of the molecule is CC1C(N(C)C2=C3C(O)=CNC3NC(=O)N2)C(O)(O)CC(C(=O)C(O)(O)C#N)CC(O)(O)C1(O)O. The third kappa shape index (κ3) is 4.28. The van der Waals surface area contributed by atoms with Crippen molar-refractivity contribution in [3.63, 3.8) is 0 Å². The van der Waals surface area contributed by atoms with Crippen molar-refractivity contribution in [3.8, 4) is 6.07 Å². The van der Waals surface area contributed by atoms with E-state index in [4.69, 9.17) is 5.26 Å². The zero-order valence-electron chi connectivity index (χ0n) is 18.5. The highest BCUT2D eigenvalue weighted by Gasteiger charge is 2.63. The van der Waals surface area contributed by atoms with Crippen molar-refractivity contribution in [2.24, 2.45) is 11.8 Å². The molecule has 3 aliphatic rings. The number of amides is 2. The van der Waals surface area contributed by atoms with Gasteiger partial charge in [0.1, 0.15) is 23.8 Å². The first kappa shape index (κ1) is 26.6. The summed E-state index contributed by atoms with van der Waals surface area (Å²) in [6.45, 7) is 1.01. The van der Waals surface area contributed by atoms with Crippen molar-refractivity contribution in [3.05, 3.63) is 23.4 Å². The van der Waals surface area contributed by atoms with Crippen LogP contribution in [-0.2, 0) is 4.79 Å². The summed E-state index contributed by atoms with van der Waals surface area (Å²) in [4.78, 5) is 25.6. The number of nitriles is 1. The molecule has 1 saturated carbocycles. The molecule has 1 fully saturated rings. The van der Waals surface area contributed by atoms with E-state index in [0.717, 1.165) is 31.1 Å². The van der Waals surface area contributed by atoms with E-state index in [1.165, 1.54) is 0 Å². The molecule has 12 N–H and O–H groups in total. The molecule has 2 heterocycles. The number of carbonyl (C=O) groups excluding carboxylic acids is 2. The van der Waals surface area contributed by atoms with Gasteiger partial charge >= 0.3 is 11.8 Å². The van der Waals surface area contributed by atoms with Crippen LogP contribution < -0.4 is 16.0 Å². The normalized spacial score (nSPS) is 31.5. The maximum absolute atomic E-state index is 12.5. The Morgan fingerprint density at radius 1 is 1.20 bits per heavy atom. The molecule has 0 bridgehead atoms. The minimum Gasteiger partial charge on any atom is -0.506 e. The van der Waals surface area contributed by atoms with E-state index in [1.807, 2.05) is 0 Å². The van der Waals surface area contributed by atoms with Gasteiger partial charge in [0.25, 0.3) is 0 Å². The first-order chi connectivity index (χ1) is 15.9. The van der Waals surface area contributed by atoms with Gasteiger partial charge in [-0.3, -0.25) is 10.1 Å². The van der Waals surface area contributed by atoms with Gasteiger partial charge in [-0.1, -0.05) is 6.92 Å². The highest BCUT2D eigenvalue weighted by Crippen LogP contribution is 2.44. The van der Waals surface area contributed by atoms with Crippen LogP contribution in [0.5, 0.6) is 0 Å². The number of hydrogen-bond donors (Lipinski definition) is 12. The second kappa shape index (κ2) is 8.29. The standard InChI is InChI=1S/C19H27N5O11/c1-7-11(24(2)14-10-9(25)5-21-13(10)22-15(27)23-14)16(28,29)3-8(12(26)17(30,31)6-20)4-18(32,33)19(7,34)35/h5,7-8,11,13,21,25,28-35H,3-4H2,1-2H3,(H2,22,23,27). The summed E-state index contributed by atoms with van der Waals surface area (Å²) in [5, 5.41) is 110. The Kier molecular flexibility index (Phi) is 6.30. The lowest BCUT2D eigenvalue weighted by molar-refractivity contribution is -0.399. The molecule has 35 heavy (non-hydrogen) atoms. The zero-order valence-corrected chi connectivity index (χ0v) is 18.5. The van der Waals surface area contributed by atoms with E-state index in [0.29, 0.717) is 0 Å². The van der Waals surface area contributed by atoms with Gasteiger partial charge in [-0.05, 0) is 0 Å². The second-order valence-corrected chi connectivity index (χ2v) is 9.01. The van der Waals surface area contributed by atoms with E-state index in [2.05, 4.69) is 16.0 Å². The molecule has 16 heteroatoms. The van der Waals surface area contributed by atoms with Crippen LogP contribution in [0.4, 0.5) is 4.79 Å². The first-order valence-corrected chi connectivity index (χ1v) is 10.3. The number of nitrogens with one attached hydrogen (secondary N) is 3. The van der Waals surface area contributed by atoms with Crippen LogP contribution in [0.1, 0.15) is 19.8 Å². The van der Waals surface area contributed by atoms with Crippen molar-refractivity contribution < 1.29 is 55.5 Å². The average molecular weight is 501 g/mol. The maximum Gasteiger partial charge on any atom is 0.322 e. The molecule has 0 saturated heterocycles. The van der Waals surface area contributed by atoms with Gasteiger partial charge in [-0.25, -0.2) is 4.79 Å². The van der Waals surface area contributed by atoms with Gasteiger partial charge in [0.2, 0.25) is 17.4 Å². The summed E-state index contributed by atoms with van der Waals surface area (Å²) in [5.41, 5.74) is 0.0136. The Hall–Kier alpha value is -3.01. The van der Waals surface area contributed by atoms with Gasteiger partial charge < -0.3 is 61.5 Å². The predicted octanol–water partition coefficient (Wildman–Crippen LogP) is -5.00. The van der Waals surface area contributed by atoms with Crippen LogP contribution in [0.3, 0.4) is 0 Å². The van der Waals surface area contributed by atoms with Crippen LogP contribution >= 0.6 is 0 Å². The molecule has 0 radical (unpaired) electrons. The van der Waals surface area contributed by atoms with Gasteiger partial charge in [-0.2, -0.15) is 5.26 Å². The van der Waals surface area contributed by atoms with Gasteiger partial charge in [0.15, 0.2) is 5.79 Å². The molecule has 4 unspecified atom stereocenters. The topological polar surface area (TPSA) is 279 Å². The van der Waals surface area contributed by atoms with Gasteiger partial charge in [0, 0.05) is 37.9 Å². The molecule has 0 spiro atoms. The fourth-order valence-corrected chi connectivity index (χ4v) is 4.81. The molecule has 3 rings (SSSR count). The minimum atomic E-state index is -3.66. The molecule has 0 aromatic carbocycles. The Morgan fingerprint density at radius 2 is 1.80 bits per heavy atom. The number of hydrogen-bond acceptors (Lipinski definition) is 14. The summed E-state index contributed by atoms with van der Waals surface area (Å²) in [5.74, 6) is -20.2. The van der Waals surface area contributed by atoms with Crippen LogP contribution in [0.25, 0.3) is 0 Å². The molecule has 2 aliphatic heterocycles. The van der Waals surface area contributed by atoms with E-state index in [9.17, 15) is 55.5 Å². The van der Waals surface area contributed by atoms with Gasteiger partial charge in [0.05, 0.1) is 11.6 Å². The third-order valence-electron chi connectivity index (χ3n) is 6.60. The molecule has 194 valence electrons. The molecule has 0 aromatic heterocycles. The number of ketones is 1. The lowest BCUT2D eigenvalue weighted by atomic mass is 9.71. The highest BCUT2D eigenvalue weighted by atomic mass is 16.6. The molecular formula is C19H27N5O11. The van der Waals surface area contributed by atoms with E-state index < -0.39 is 71.8 Å². The van der Waals surface area contributed by atoms with Crippen LogP contribution in [-0.4, -0.2) is 105 Å². The Bertz CT molecular complexity index is 1030. The fourth-order valence-electron chi connectivity index (χ4n) is 4.81. The molecular weight excluding hydrogens is 474 g/mol. The summed E-state index contributed by atoms with van der Waals surface area (Å²) < 4.78 is 0. The summed E-state index contributed by atoms with van der Waals surface area (Å²) in [6.07, 6.45) is -2.26. The van der Waals surface area contributed by atoms with E-state index in [1.54, 1.807) is 0 Å². The molecule has 4 atom stereocenters. The Morgan fingerprint density at radius 3 is 2.37 bits per heavy atom. The number of likely N-dealkylation sites (N-methyl/N-ethyl adjacent to an activating group) is 1.